The predicted molar refractivity (Wildman–Crippen MR) is 41.6 cm³/mol. The number of hydrogen-bond acceptors (Lipinski definition) is 0. The molecule has 10 heavy (non-hydrogen) atoms. The number of rotatable bonds is 0. The normalized spacial score (nSPS) is 62.3. The molecule has 0 radical (unpaired) electrons. The van der Waals surface area contributed by atoms with Crippen LogP contribution in [0.3, 0.4) is 0 Å². The summed E-state index contributed by atoms with van der Waals surface area (Å²) in [5, 5.41) is 0. The second-order valence-electron chi connectivity index (χ2n) is 4.58. The molecule has 3 aliphatic rings. The molecule has 0 aromatic carbocycles. The third-order valence-corrected chi connectivity index (χ3v) is 3.88. The van der Waals surface area contributed by atoms with E-state index in [0.717, 1.165) is 23.2 Å². The summed E-state index contributed by atoms with van der Waals surface area (Å²) < 4.78 is 0. The molecule has 0 aromatic rings. The first kappa shape index (κ1) is 5.40. The molecule has 0 nitrogen and oxygen atoms in total. The van der Waals surface area contributed by atoms with Gasteiger partial charge < -0.3 is 0 Å². The van der Waals surface area contributed by atoms with Crippen molar-refractivity contribution in [1.29, 1.82) is 0 Å². The van der Waals surface area contributed by atoms with E-state index in [4.69, 9.17) is 0 Å². The third-order valence-electron chi connectivity index (χ3n) is 3.88. The van der Waals surface area contributed by atoms with E-state index in [0.29, 0.717) is 0 Å². The number of allylic oxidation sites excluding steroid dienone is 2. The van der Waals surface area contributed by atoms with E-state index in [-0.39, 0.29) is 0 Å². The molecular formula is C10H14. The van der Waals surface area contributed by atoms with Gasteiger partial charge >= 0.3 is 0 Å². The zero-order valence-corrected chi connectivity index (χ0v) is 6.51. The van der Waals surface area contributed by atoms with Crippen molar-refractivity contribution >= 4 is 0 Å². The predicted octanol–water partition coefficient (Wildman–Crippen LogP) is 2.61. The Kier molecular flexibility index (Phi) is 0.725. The highest BCUT2D eigenvalue weighted by Gasteiger charge is 2.62. The van der Waals surface area contributed by atoms with Crippen LogP contribution in [0.2, 0.25) is 0 Å². The zero-order chi connectivity index (χ0) is 6.77. The molecule has 0 heteroatoms. The van der Waals surface area contributed by atoms with Crippen molar-refractivity contribution in [2.45, 2.75) is 26.2 Å². The van der Waals surface area contributed by atoms with Gasteiger partial charge in [0.25, 0.3) is 0 Å². The SMILES string of the molecule is CC1CC2C=CC3CC23C1. The van der Waals surface area contributed by atoms with Gasteiger partial charge in [0.1, 0.15) is 0 Å². The molecule has 0 bridgehead atoms. The summed E-state index contributed by atoms with van der Waals surface area (Å²) in [6, 6.07) is 0. The van der Waals surface area contributed by atoms with Crippen LogP contribution in [0.25, 0.3) is 0 Å². The van der Waals surface area contributed by atoms with Gasteiger partial charge in [-0.2, -0.15) is 0 Å². The molecule has 0 aliphatic heterocycles. The summed E-state index contributed by atoms with van der Waals surface area (Å²) in [5.41, 5.74) is 0.833. The fraction of sp³-hybridized carbons (Fsp3) is 0.800. The summed E-state index contributed by atoms with van der Waals surface area (Å²) in [4.78, 5) is 0. The summed E-state index contributed by atoms with van der Waals surface area (Å²) in [6.45, 7) is 2.41. The molecule has 0 heterocycles. The largest absolute Gasteiger partial charge is 0.0845 e. The lowest BCUT2D eigenvalue weighted by Crippen LogP contribution is -2.02. The summed E-state index contributed by atoms with van der Waals surface area (Å²) in [5.74, 6) is 3.02. The molecule has 0 aromatic heterocycles. The Hall–Kier alpha value is -0.260. The Labute approximate surface area is 62.3 Å². The van der Waals surface area contributed by atoms with Crippen molar-refractivity contribution in [2.24, 2.45) is 23.2 Å². The van der Waals surface area contributed by atoms with Crippen molar-refractivity contribution < 1.29 is 0 Å². The van der Waals surface area contributed by atoms with Gasteiger partial charge in [-0.05, 0) is 42.4 Å². The first-order valence-corrected chi connectivity index (χ1v) is 4.49. The van der Waals surface area contributed by atoms with Crippen LogP contribution in [0.4, 0.5) is 0 Å². The van der Waals surface area contributed by atoms with E-state index in [2.05, 4.69) is 19.1 Å². The molecule has 0 amide bonds. The lowest BCUT2D eigenvalue weighted by molar-refractivity contribution is 0.429. The fourth-order valence-corrected chi connectivity index (χ4v) is 3.36. The maximum atomic E-state index is 2.48. The van der Waals surface area contributed by atoms with Gasteiger partial charge in [0.15, 0.2) is 0 Å². The Balaban J connectivity index is 1.99. The van der Waals surface area contributed by atoms with Gasteiger partial charge in [0.2, 0.25) is 0 Å². The van der Waals surface area contributed by atoms with Crippen molar-refractivity contribution in [1.82, 2.24) is 0 Å². The van der Waals surface area contributed by atoms with Gasteiger partial charge in [-0.25, -0.2) is 0 Å². The van der Waals surface area contributed by atoms with Crippen LogP contribution in [-0.4, -0.2) is 0 Å². The van der Waals surface area contributed by atoms with Crippen molar-refractivity contribution in [3.05, 3.63) is 12.2 Å². The van der Waals surface area contributed by atoms with Crippen LogP contribution in [-0.2, 0) is 0 Å². The van der Waals surface area contributed by atoms with E-state index < -0.39 is 0 Å². The molecule has 2 saturated carbocycles. The lowest BCUT2D eigenvalue weighted by atomic mass is 9.95. The van der Waals surface area contributed by atoms with Crippen molar-refractivity contribution in [3.63, 3.8) is 0 Å². The monoisotopic (exact) mass is 134 g/mol. The highest BCUT2D eigenvalue weighted by Crippen LogP contribution is 2.71. The minimum atomic E-state index is 0.833. The maximum Gasteiger partial charge on any atom is -0.0163 e. The fourth-order valence-electron chi connectivity index (χ4n) is 3.36. The minimum absolute atomic E-state index is 0.833. The highest BCUT2D eigenvalue weighted by atomic mass is 14.7. The molecule has 0 saturated heterocycles. The zero-order valence-electron chi connectivity index (χ0n) is 6.51. The molecule has 0 N–H and O–H groups in total. The van der Waals surface area contributed by atoms with Crippen LogP contribution >= 0.6 is 0 Å². The minimum Gasteiger partial charge on any atom is -0.0845 e. The summed E-state index contributed by atoms with van der Waals surface area (Å²) >= 11 is 0. The van der Waals surface area contributed by atoms with Gasteiger partial charge in [0, 0.05) is 0 Å². The molecule has 4 unspecified atom stereocenters. The molecule has 54 valence electrons. The molecule has 1 spiro atoms. The van der Waals surface area contributed by atoms with Gasteiger partial charge in [0.05, 0.1) is 0 Å². The third kappa shape index (κ3) is 0.426. The standard InChI is InChI=1S/C10H14/c1-7-4-8-2-3-9-6-10(8,9)5-7/h2-3,7-9H,4-6H2,1H3. The van der Waals surface area contributed by atoms with Crippen molar-refractivity contribution in [3.8, 4) is 0 Å². The second-order valence-corrected chi connectivity index (χ2v) is 4.58. The van der Waals surface area contributed by atoms with Crippen LogP contribution in [0, 0.1) is 23.2 Å². The van der Waals surface area contributed by atoms with E-state index in [1.54, 1.807) is 0 Å². The Morgan fingerprint density at radius 2 is 2.00 bits per heavy atom. The Bertz CT molecular complexity index is 204. The Morgan fingerprint density at radius 3 is 2.70 bits per heavy atom. The first-order chi connectivity index (χ1) is 4.81. The topological polar surface area (TPSA) is 0 Å². The molecule has 3 aliphatic carbocycles. The average molecular weight is 134 g/mol. The molecule has 3 rings (SSSR count). The molecule has 2 fully saturated rings. The lowest BCUT2D eigenvalue weighted by Gasteiger charge is -2.09. The van der Waals surface area contributed by atoms with E-state index >= 15 is 0 Å². The van der Waals surface area contributed by atoms with Gasteiger partial charge in [-0.3, -0.25) is 0 Å². The van der Waals surface area contributed by atoms with E-state index in [1.165, 1.54) is 19.3 Å². The van der Waals surface area contributed by atoms with E-state index in [9.17, 15) is 0 Å². The van der Waals surface area contributed by atoms with Crippen LogP contribution < -0.4 is 0 Å². The Morgan fingerprint density at radius 1 is 1.20 bits per heavy atom. The quantitative estimate of drug-likeness (QED) is 0.447. The summed E-state index contributed by atoms with van der Waals surface area (Å²) in [6.07, 6.45) is 9.48. The van der Waals surface area contributed by atoms with Crippen LogP contribution in [0.5, 0.6) is 0 Å². The molecular weight excluding hydrogens is 120 g/mol. The average Bonchev–Trinajstić information content (AvgIpc) is 2.28. The first-order valence-electron chi connectivity index (χ1n) is 4.49. The second kappa shape index (κ2) is 1.34. The van der Waals surface area contributed by atoms with Gasteiger partial charge in [-0.1, -0.05) is 19.1 Å². The summed E-state index contributed by atoms with van der Waals surface area (Å²) in [7, 11) is 0. The highest BCUT2D eigenvalue weighted by molar-refractivity contribution is 5.27. The van der Waals surface area contributed by atoms with Gasteiger partial charge in [-0.15, -0.1) is 0 Å². The van der Waals surface area contributed by atoms with E-state index in [1.807, 2.05) is 0 Å². The smallest absolute Gasteiger partial charge is 0.0163 e. The maximum absolute atomic E-state index is 2.48. The number of hydrogen-bond donors (Lipinski definition) is 0. The van der Waals surface area contributed by atoms with Crippen LogP contribution in [0.15, 0.2) is 12.2 Å². The van der Waals surface area contributed by atoms with Crippen molar-refractivity contribution in [2.75, 3.05) is 0 Å². The molecule has 4 atom stereocenters. The van der Waals surface area contributed by atoms with Crippen LogP contribution in [0.1, 0.15) is 26.2 Å².